The van der Waals surface area contributed by atoms with Gasteiger partial charge in [0.05, 0.1) is 5.69 Å². The van der Waals surface area contributed by atoms with E-state index >= 15 is 0 Å². The van der Waals surface area contributed by atoms with Gasteiger partial charge in [-0.05, 0) is 35.9 Å². The van der Waals surface area contributed by atoms with Crippen LogP contribution in [0.1, 0.15) is 38.8 Å². The second-order valence-electron chi connectivity index (χ2n) is 6.25. The molecule has 1 atom stereocenters. The highest BCUT2D eigenvalue weighted by atomic mass is 35.5. The van der Waals surface area contributed by atoms with Crippen LogP contribution in [0, 0.1) is 0 Å². The molecule has 0 aromatic heterocycles. The van der Waals surface area contributed by atoms with E-state index in [4.69, 9.17) is 16.4 Å². The predicted octanol–water partition coefficient (Wildman–Crippen LogP) is 5.25. The number of hydrogen-bond donors (Lipinski definition) is 0. The second kappa shape index (κ2) is 7.35. The van der Waals surface area contributed by atoms with E-state index in [1.165, 1.54) is 5.06 Å². The van der Waals surface area contributed by atoms with Gasteiger partial charge in [0.2, 0.25) is 0 Å². The predicted molar refractivity (Wildman–Crippen MR) is 104 cm³/mol. The molecule has 1 aliphatic rings. The molecule has 0 radical (unpaired) electrons. The Balaban J connectivity index is 1.68. The molecule has 134 valence electrons. The van der Waals surface area contributed by atoms with Gasteiger partial charge in [-0.1, -0.05) is 60.1 Å². The Labute approximate surface area is 161 Å². The third kappa shape index (κ3) is 3.50. The van der Waals surface area contributed by atoms with Gasteiger partial charge in [-0.2, -0.15) is 5.06 Å². The molecule has 0 saturated carbocycles. The van der Waals surface area contributed by atoms with Crippen LogP contribution >= 0.6 is 11.6 Å². The molecule has 3 aromatic carbocycles. The Hall–Kier alpha value is -2.95. The van der Waals surface area contributed by atoms with Gasteiger partial charge >= 0.3 is 0 Å². The van der Waals surface area contributed by atoms with E-state index in [9.17, 15) is 9.59 Å². The lowest BCUT2D eigenvalue weighted by molar-refractivity contribution is 0.0147. The Morgan fingerprint density at radius 1 is 0.926 bits per heavy atom. The van der Waals surface area contributed by atoms with Crippen molar-refractivity contribution in [2.24, 2.45) is 0 Å². The average molecular weight is 378 g/mol. The number of Topliss-reactive ketones (excluding diaryl/α,β-unsaturated/α-hetero) is 1. The molecule has 4 nitrogen and oxygen atoms in total. The molecule has 0 spiro atoms. The molecule has 0 fully saturated rings. The summed E-state index contributed by atoms with van der Waals surface area (Å²) in [6, 6.07) is 23.1. The molecule has 1 aliphatic heterocycles. The lowest BCUT2D eigenvalue weighted by Gasteiger charge is -2.33. The van der Waals surface area contributed by atoms with Gasteiger partial charge in [-0.15, -0.1) is 0 Å². The van der Waals surface area contributed by atoms with E-state index in [2.05, 4.69) is 0 Å². The van der Waals surface area contributed by atoms with Crippen LogP contribution in [0.5, 0.6) is 0 Å². The van der Waals surface area contributed by atoms with Gasteiger partial charge in [0.1, 0.15) is 6.10 Å². The molecular formula is C22H16ClNO3. The Morgan fingerprint density at radius 2 is 1.59 bits per heavy atom. The van der Waals surface area contributed by atoms with Crippen molar-refractivity contribution in [3.63, 3.8) is 0 Å². The Kier molecular flexibility index (Phi) is 4.75. The number of benzene rings is 3. The van der Waals surface area contributed by atoms with Gasteiger partial charge in [-0.25, -0.2) is 0 Å². The van der Waals surface area contributed by atoms with Crippen LogP contribution in [0.2, 0.25) is 5.02 Å². The van der Waals surface area contributed by atoms with Crippen molar-refractivity contribution in [1.29, 1.82) is 0 Å². The number of halogens is 1. The minimum absolute atomic E-state index is 0.0409. The Morgan fingerprint density at radius 3 is 2.33 bits per heavy atom. The van der Waals surface area contributed by atoms with Crippen molar-refractivity contribution in [2.45, 2.75) is 12.5 Å². The fourth-order valence-corrected chi connectivity index (χ4v) is 3.25. The maximum absolute atomic E-state index is 12.9. The monoisotopic (exact) mass is 377 g/mol. The van der Waals surface area contributed by atoms with Crippen LogP contribution in [0.15, 0.2) is 78.9 Å². The van der Waals surface area contributed by atoms with E-state index in [1.807, 2.05) is 30.3 Å². The quantitative estimate of drug-likeness (QED) is 0.583. The zero-order valence-corrected chi connectivity index (χ0v) is 15.1. The first-order chi connectivity index (χ1) is 13.1. The number of ketones is 1. The van der Waals surface area contributed by atoms with Crippen molar-refractivity contribution >= 4 is 29.0 Å². The fraction of sp³-hybridized carbons (Fsp3) is 0.0909. The summed E-state index contributed by atoms with van der Waals surface area (Å²) in [5.74, 6) is -0.308. The lowest BCUT2D eigenvalue weighted by atomic mass is 9.95. The average Bonchev–Trinajstić information content (AvgIpc) is 2.71. The summed E-state index contributed by atoms with van der Waals surface area (Å²) in [6.07, 6.45) is -0.416. The van der Waals surface area contributed by atoms with E-state index < -0.39 is 6.10 Å². The second-order valence-corrected chi connectivity index (χ2v) is 6.69. The first-order valence-electron chi connectivity index (χ1n) is 8.57. The van der Waals surface area contributed by atoms with E-state index in [0.29, 0.717) is 21.8 Å². The maximum Gasteiger partial charge on any atom is 0.282 e. The highest BCUT2D eigenvalue weighted by molar-refractivity contribution is 6.30. The molecule has 0 N–H and O–H groups in total. The van der Waals surface area contributed by atoms with Crippen molar-refractivity contribution < 1.29 is 14.4 Å². The van der Waals surface area contributed by atoms with Crippen LogP contribution in [0.3, 0.4) is 0 Å². The highest BCUT2D eigenvalue weighted by Crippen LogP contribution is 2.35. The molecule has 3 aromatic rings. The van der Waals surface area contributed by atoms with Gasteiger partial charge in [0, 0.05) is 22.6 Å². The molecule has 1 amide bonds. The van der Waals surface area contributed by atoms with Gasteiger partial charge in [-0.3, -0.25) is 14.4 Å². The summed E-state index contributed by atoms with van der Waals surface area (Å²) >= 11 is 5.94. The third-order valence-corrected chi connectivity index (χ3v) is 4.73. The number of rotatable bonds is 4. The molecule has 4 rings (SSSR count). The molecule has 1 heterocycles. The van der Waals surface area contributed by atoms with Crippen molar-refractivity contribution in [3.8, 4) is 0 Å². The van der Waals surface area contributed by atoms with E-state index in [1.54, 1.807) is 48.5 Å². The summed E-state index contributed by atoms with van der Waals surface area (Å²) < 4.78 is 0. The van der Waals surface area contributed by atoms with Crippen molar-refractivity contribution in [1.82, 2.24) is 0 Å². The topological polar surface area (TPSA) is 46.6 Å². The van der Waals surface area contributed by atoms with Gasteiger partial charge < -0.3 is 0 Å². The minimum Gasteiger partial charge on any atom is -0.294 e. The lowest BCUT2D eigenvalue weighted by Crippen LogP contribution is -2.38. The van der Waals surface area contributed by atoms with Crippen LogP contribution in [-0.4, -0.2) is 11.7 Å². The number of carbonyl (C=O) groups excluding carboxylic acids is 2. The number of anilines is 1. The zero-order chi connectivity index (χ0) is 18.8. The molecule has 0 aliphatic carbocycles. The SMILES string of the molecule is O=C(CC1ON(c2ccc(Cl)cc2)C(=O)c2ccccc21)c1ccccc1. The largest absolute Gasteiger partial charge is 0.294 e. The number of amides is 1. The molecule has 0 bridgehead atoms. The van der Waals surface area contributed by atoms with E-state index in [-0.39, 0.29) is 18.1 Å². The first kappa shape index (κ1) is 17.5. The maximum atomic E-state index is 12.9. The molecular weight excluding hydrogens is 362 g/mol. The van der Waals surface area contributed by atoms with Crippen LogP contribution in [-0.2, 0) is 4.84 Å². The fourth-order valence-electron chi connectivity index (χ4n) is 3.13. The normalized spacial score (nSPS) is 16.1. The smallest absolute Gasteiger partial charge is 0.282 e. The molecule has 5 heteroatoms. The summed E-state index contributed by atoms with van der Waals surface area (Å²) in [4.78, 5) is 31.5. The standard InChI is InChI=1S/C22H16ClNO3/c23-16-10-12-17(13-11-16)24-22(26)19-9-5-4-8-18(19)21(27-24)14-20(25)15-6-2-1-3-7-15/h1-13,21H,14H2. The Bertz CT molecular complexity index is 986. The van der Waals surface area contributed by atoms with E-state index in [0.717, 1.165) is 5.56 Å². The summed E-state index contributed by atoms with van der Waals surface area (Å²) in [6.45, 7) is 0. The minimum atomic E-state index is -0.553. The molecule has 0 saturated heterocycles. The number of hydroxylamine groups is 1. The van der Waals surface area contributed by atoms with Crippen molar-refractivity contribution in [2.75, 3.05) is 5.06 Å². The molecule has 1 unspecified atom stereocenters. The first-order valence-corrected chi connectivity index (χ1v) is 8.95. The number of carbonyl (C=O) groups is 2. The summed E-state index contributed by atoms with van der Waals surface area (Å²) in [5, 5.41) is 1.81. The van der Waals surface area contributed by atoms with Crippen LogP contribution in [0.4, 0.5) is 5.69 Å². The number of nitrogens with zero attached hydrogens (tertiary/aromatic N) is 1. The summed E-state index contributed by atoms with van der Waals surface area (Å²) in [7, 11) is 0. The van der Waals surface area contributed by atoms with Crippen LogP contribution < -0.4 is 5.06 Å². The van der Waals surface area contributed by atoms with Gasteiger partial charge in [0.25, 0.3) is 5.91 Å². The van der Waals surface area contributed by atoms with Crippen molar-refractivity contribution in [3.05, 3.63) is 101 Å². The third-order valence-electron chi connectivity index (χ3n) is 4.48. The molecule has 27 heavy (non-hydrogen) atoms. The van der Waals surface area contributed by atoms with Gasteiger partial charge in [0.15, 0.2) is 5.78 Å². The van der Waals surface area contributed by atoms with Crippen LogP contribution in [0.25, 0.3) is 0 Å². The number of fused-ring (bicyclic) bond motifs is 1. The zero-order valence-electron chi connectivity index (χ0n) is 14.3. The summed E-state index contributed by atoms with van der Waals surface area (Å²) in [5.41, 5.74) is 2.44. The number of hydrogen-bond acceptors (Lipinski definition) is 3. The highest BCUT2D eigenvalue weighted by Gasteiger charge is 2.34.